The highest BCUT2D eigenvalue weighted by molar-refractivity contribution is 7.91. The molecular formula is C19H25ClN4O5S2. The number of nitrogens with one attached hydrogen (secondary N) is 1. The molecule has 9 nitrogen and oxygen atoms in total. The second-order valence-electron chi connectivity index (χ2n) is 7.36. The summed E-state index contributed by atoms with van der Waals surface area (Å²) in [5.74, 6) is -0.153. The molecule has 1 aromatic heterocycles. The molecule has 0 spiro atoms. The monoisotopic (exact) mass is 488 g/mol. The number of hydrogen-bond donors (Lipinski definition) is 1. The Bertz CT molecular complexity index is 1200. The van der Waals surface area contributed by atoms with Crippen LogP contribution in [-0.2, 0) is 19.9 Å². The van der Waals surface area contributed by atoms with E-state index >= 15 is 0 Å². The molecule has 1 amide bonds. The van der Waals surface area contributed by atoms with Gasteiger partial charge in [0.15, 0.2) is 9.84 Å². The second kappa shape index (κ2) is 8.89. The van der Waals surface area contributed by atoms with Gasteiger partial charge in [0.25, 0.3) is 5.91 Å². The summed E-state index contributed by atoms with van der Waals surface area (Å²) in [5.41, 5.74) is 0.736. The van der Waals surface area contributed by atoms with Crippen molar-refractivity contribution in [2.75, 3.05) is 29.9 Å². The minimum absolute atomic E-state index is 0.0282. The number of rotatable bonds is 7. The van der Waals surface area contributed by atoms with E-state index in [0.29, 0.717) is 17.9 Å². The fourth-order valence-electron chi connectivity index (χ4n) is 3.59. The van der Waals surface area contributed by atoms with Crippen LogP contribution in [0.4, 0.5) is 5.82 Å². The highest BCUT2D eigenvalue weighted by atomic mass is 35.5. The maximum Gasteiger partial charge on any atom is 0.256 e. The summed E-state index contributed by atoms with van der Waals surface area (Å²) in [6, 6.07) is 5.34. The van der Waals surface area contributed by atoms with E-state index in [4.69, 9.17) is 11.6 Å². The molecule has 1 unspecified atom stereocenters. The highest BCUT2D eigenvalue weighted by Gasteiger charge is 2.32. The second-order valence-corrected chi connectivity index (χ2v) is 11.9. The molecule has 1 aliphatic rings. The van der Waals surface area contributed by atoms with Gasteiger partial charge in [-0.15, -0.1) is 0 Å². The fraction of sp³-hybridized carbons (Fsp3) is 0.474. The Morgan fingerprint density at radius 1 is 1.29 bits per heavy atom. The predicted molar refractivity (Wildman–Crippen MR) is 119 cm³/mol. The topological polar surface area (TPSA) is 118 Å². The summed E-state index contributed by atoms with van der Waals surface area (Å²) in [7, 11) is -6.99. The van der Waals surface area contributed by atoms with E-state index < -0.39 is 25.8 Å². The molecule has 3 rings (SSSR count). The average Bonchev–Trinajstić information content (AvgIpc) is 3.23. The predicted octanol–water partition coefficient (Wildman–Crippen LogP) is 2.49. The molecule has 1 aromatic carbocycles. The fourth-order valence-corrected chi connectivity index (χ4v) is 7.24. The summed E-state index contributed by atoms with van der Waals surface area (Å²) in [6.45, 7) is 5.73. The van der Waals surface area contributed by atoms with Crippen LogP contribution in [0.3, 0.4) is 0 Å². The number of aryl methyl sites for hydroxylation is 1. The number of amides is 1. The van der Waals surface area contributed by atoms with Crippen LogP contribution in [0, 0.1) is 6.92 Å². The molecule has 0 radical (unpaired) electrons. The van der Waals surface area contributed by atoms with Gasteiger partial charge in [-0.3, -0.25) is 4.79 Å². The van der Waals surface area contributed by atoms with Crippen molar-refractivity contribution < 1.29 is 21.6 Å². The first kappa shape index (κ1) is 23.7. The number of hydrogen-bond acceptors (Lipinski definition) is 6. The van der Waals surface area contributed by atoms with Crippen LogP contribution in [0.2, 0.25) is 5.02 Å². The number of carbonyl (C=O) groups is 1. The van der Waals surface area contributed by atoms with Gasteiger partial charge < -0.3 is 5.32 Å². The van der Waals surface area contributed by atoms with E-state index in [9.17, 15) is 21.6 Å². The largest absolute Gasteiger partial charge is 0.307 e. The van der Waals surface area contributed by atoms with Gasteiger partial charge in [-0.05, 0) is 31.5 Å². The third-order valence-corrected chi connectivity index (χ3v) is 9.45. The average molecular weight is 489 g/mol. The highest BCUT2D eigenvalue weighted by Crippen LogP contribution is 2.29. The summed E-state index contributed by atoms with van der Waals surface area (Å²) >= 11 is 6.14. The smallest absolute Gasteiger partial charge is 0.256 e. The van der Waals surface area contributed by atoms with Gasteiger partial charge in [-0.1, -0.05) is 25.4 Å². The lowest BCUT2D eigenvalue weighted by Gasteiger charge is -2.19. The normalized spacial score (nSPS) is 18.4. The standard InChI is InChI=1S/C19H25ClN4O5S2/c1-4-23(5-2)31(28,29)17-11-14(6-7-16(17)20)19(25)21-18-10-13(3)22-24(18)15-8-9-30(26,27)12-15/h6-7,10-11,15H,4-5,8-9,12H2,1-3H3,(H,21,25). The van der Waals surface area contributed by atoms with E-state index in [-0.39, 0.29) is 46.1 Å². The van der Waals surface area contributed by atoms with Gasteiger partial charge in [-0.2, -0.15) is 9.40 Å². The minimum atomic E-state index is -3.85. The number of halogens is 1. The first-order valence-electron chi connectivity index (χ1n) is 9.86. The molecule has 2 heterocycles. The molecule has 1 atom stereocenters. The Kier molecular flexibility index (Phi) is 6.80. The number of sulfone groups is 1. The molecule has 0 aliphatic carbocycles. The van der Waals surface area contributed by atoms with Crippen molar-refractivity contribution in [1.82, 2.24) is 14.1 Å². The van der Waals surface area contributed by atoms with Gasteiger partial charge in [-0.25, -0.2) is 21.5 Å². The zero-order valence-corrected chi connectivity index (χ0v) is 19.9. The summed E-state index contributed by atoms with van der Waals surface area (Å²) < 4.78 is 52.2. The van der Waals surface area contributed by atoms with Crippen molar-refractivity contribution in [1.29, 1.82) is 0 Å². The first-order chi connectivity index (χ1) is 14.5. The maximum atomic E-state index is 12.9. The molecule has 12 heteroatoms. The molecule has 31 heavy (non-hydrogen) atoms. The number of nitrogens with zero attached hydrogens (tertiary/aromatic N) is 3. The van der Waals surface area contributed by atoms with Crippen LogP contribution >= 0.6 is 11.6 Å². The van der Waals surface area contributed by atoms with E-state index in [1.165, 1.54) is 27.2 Å². The minimum Gasteiger partial charge on any atom is -0.307 e. The third kappa shape index (κ3) is 4.94. The maximum absolute atomic E-state index is 12.9. The van der Waals surface area contributed by atoms with Crippen molar-refractivity contribution in [3.05, 3.63) is 40.5 Å². The zero-order chi connectivity index (χ0) is 23.0. The zero-order valence-electron chi connectivity index (χ0n) is 17.5. The first-order valence-corrected chi connectivity index (χ1v) is 13.5. The summed E-state index contributed by atoms with van der Waals surface area (Å²) in [6.07, 6.45) is 0.416. The number of sulfonamides is 1. The third-order valence-electron chi connectivity index (χ3n) is 5.17. The van der Waals surface area contributed by atoms with Crippen molar-refractivity contribution in [2.45, 2.75) is 38.1 Å². The number of aromatic nitrogens is 2. The van der Waals surface area contributed by atoms with Crippen molar-refractivity contribution in [3.63, 3.8) is 0 Å². The lowest BCUT2D eigenvalue weighted by atomic mass is 10.2. The van der Waals surface area contributed by atoms with Crippen LogP contribution in [0.1, 0.15) is 42.4 Å². The van der Waals surface area contributed by atoms with Gasteiger partial charge in [0.1, 0.15) is 10.7 Å². The van der Waals surface area contributed by atoms with Crippen LogP contribution in [-0.4, -0.2) is 61.4 Å². The van der Waals surface area contributed by atoms with Gasteiger partial charge in [0.05, 0.1) is 28.3 Å². The quantitative estimate of drug-likeness (QED) is 0.639. The van der Waals surface area contributed by atoms with Gasteiger partial charge in [0, 0.05) is 24.7 Å². The van der Waals surface area contributed by atoms with Crippen LogP contribution in [0.25, 0.3) is 0 Å². The Labute approximate surface area is 187 Å². The van der Waals surface area contributed by atoms with Gasteiger partial charge in [0.2, 0.25) is 10.0 Å². The molecule has 1 fully saturated rings. The van der Waals surface area contributed by atoms with Crippen LogP contribution < -0.4 is 5.32 Å². The molecule has 1 saturated heterocycles. The number of benzene rings is 1. The summed E-state index contributed by atoms with van der Waals surface area (Å²) in [4.78, 5) is 12.8. The van der Waals surface area contributed by atoms with Gasteiger partial charge >= 0.3 is 0 Å². The number of anilines is 1. The Morgan fingerprint density at radius 2 is 1.97 bits per heavy atom. The van der Waals surface area contributed by atoms with E-state index in [1.54, 1.807) is 26.8 Å². The molecule has 0 bridgehead atoms. The molecule has 170 valence electrons. The Morgan fingerprint density at radius 3 is 2.55 bits per heavy atom. The lowest BCUT2D eigenvalue weighted by Crippen LogP contribution is -2.31. The molecule has 2 aromatic rings. The Balaban J connectivity index is 1.91. The Hall–Kier alpha value is -1.95. The molecule has 1 N–H and O–H groups in total. The SMILES string of the molecule is CCN(CC)S(=O)(=O)c1cc(C(=O)Nc2cc(C)nn2C2CCS(=O)(=O)C2)ccc1Cl. The van der Waals surface area contributed by atoms with E-state index in [0.717, 1.165) is 0 Å². The summed E-state index contributed by atoms with van der Waals surface area (Å²) in [5, 5.41) is 7.09. The molecular weight excluding hydrogens is 464 g/mol. The molecule has 0 saturated carbocycles. The number of carbonyl (C=O) groups excluding carboxylic acids is 1. The lowest BCUT2D eigenvalue weighted by molar-refractivity contribution is 0.102. The van der Waals surface area contributed by atoms with E-state index in [1.807, 2.05) is 0 Å². The van der Waals surface area contributed by atoms with Crippen LogP contribution in [0.5, 0.6) is 0 Å². The van der Waals surface area contributed by atoms with Crippen molar-refractivity contribution >= 4 is 43.2 Å². The van der Waals surface area contributed by atoms with Crippen molar-refractivity contribution in [3.8, 4) is 0 Å². The molecule has 1 aliphatic heterocycles. The van der Waals surface area contributed by atoms with Crippen molar-refractivity contribution in [2.24, 2.45) is 0 Å². The van der Waals surface area contributed by atoms with E-state index in [2.05, 4.69) is 10.4 Å². The van der Waals surface area contributed by atoms with Crippen LogP contribution in [0.15, 0.2) is 29.2 Å².